The number of nitrogens with zero attached hydrogens (tertiary/aromatic N) is 1. The van der Waals surface area contributed by atoms with Gasteiger partial charge in [0.05, 0.1) is 12.0 Å². The molecule has 1 heterocycles. The van der Waals surface area contributed by atoms with Crippen LogP contribution in [0.4, 0.5) is 0 Å². The van der Waals surface area contributed by atoms with E-state index in [1.807, 2.05) is 0 Å². The normalized spacial score (nSPS) is 22.4. The van der Waals surface area contributed by atoms with Crippen molar-refractivity contribution in [2.45, 2.75) is 75.3 Å². The predicted octanol–water partition coefficient (Wildman–Crippen LogP) is 3.00. The molecule has 1 amide bonds. The molecule has 0 unspecified atom stereocenters. The van der Waals surface area contributed by atoms with Crippen LogP contribution in [0.1, 0.15) is 56.9 Å². The molecule has 1 saturated carbocycles. The van der Waals surface area contributed by atoms with Crippen LogP contribution in [-0.4, -0.2) is 44.4 Å². The molecule has 0 aromatic heterocycles. The molecule has 6 nitrogen and oxygen atoms in total. The summed E-state index contributed by atoms with van der Waals surface area (Å²) in [6.07, 6.45) is 7.92. The molecule has 150 valence electrons. The van der Waals surface area contributed by atoms with Gasteiger partial charge in [-0.25, -0.2) is 8.42 Å². The zero-order valence-electron chi connectivity index (χ0n) is 16.2. The standard InChI is InChI=1S/C20H30N2O4S/c1-15-11-12-17(26-2)14-19(15)27(24,25)22-13-7-10-18(22)20(23)21-16-8-5-3-4-6-9-16/h11-12,14,16,18H,3-10,13H2,1-2H3,(H,21,23)/t18-/m0/s1. The van der Waals surface area contributed by atoms with E-state index in [-0.39, 0.29) is 16.8 Å². The lowest BCUT2D eigenvalue weighted by Gasteiger charge is -2.26. The van der Waals surface area contributed by atoms with Gasteiger partial charge in [-0.1, -0.05) is 31.7 Å². The molecule has 2 aliphatic rings. The summed E-state index contributed by atoms with van der Waals surface area (Å²) < 4.78 is 33.1. The van der Waals surface area contributed by atoms with Crippen molar-refractivity contribution in [3.05, 3.63) is 23.8 Å². The van der Waals surface area contributed by atoms with Crippen molar-refractivity contribution in [3.63, 3.8) is 0 Å². The third-order valence-electron chi connectivity index (χ3n) is 5.69. The van der Waals surface area contributed by atoms with E-state index in [1.54, 1.807) is 25.1 Å². The fourth-order valence-electron chi connectivity index (χ4n) is 4.12. The maximum Gasteiger partial charge on any atom is 0.244 e. The molecule has 1 aromatic carbocycles. The van der Waals surface area contributed by atoms with Crippen molar-refractivity contribution in [2.75, 3.05) is 13.7 Å². The van der Waals surface area contributed by atoms with Gasteiger partial charge in [0.2, 0.25) is 15.9 Å². The predicted molar refractivity (Wildman–Crippen MR) is 104 cm³/mol. The largest absolute Gasteiger partial charge is 0.497 e. The minimum absolute atomic E-state index is 0.150. The highest BCUT2D eigenvalue weighted by atomic mass is 32.2. The number of rotatable bonds is 5. The maximum absolute atomic E-state index is 13.3. The average molecular weight is 395 g/mol. The number of methoxy groups -OCH3 is 1. The van der Waals surface area contributed by atoms with E-state index in [0.717, 1.165) is 25.7 Å². The monoisotopic (exact) mass is 394 g/mol. The summed E-state index contributed by atoms with van der Waals surface area (Å²) in [5, 5.41) is 3.12. The Bertz CT molecular complexity index is 770. The molecule has 1 aliphatic heterocycles. The third kappa shape index (κ3) is 4.46. The molecular weight excluding hydrogens is 364 g/mol. The second kappa shape index (κ2) is 8.61. The Hall–Kier alpha value is -1.60. The highest BCUT2D eigenvalue weighted by Gasteiger charge is 2.40. The summed E-state index contributed by atoms with van der Waals surface area (Å²) in [6.45, 7) is 2.14. The summed E-state index contributed by atoms with van der Waals surface area (Å²) in [7, 11) is -2.24. The number of hydrogen-bond acceptors (Lipinski definition) is 4. The van der Waals surface area contributed by atoms with Crippen molar-refractivity contribution in [2.24, 2.45) is 0 Å². The number of aryl methyl sites for hydroxylation is 1. The summed E-state index contributed by atoms with van der Waals surface area (Å²) in [6, 6.07) is 4.58. The number of benzene rings is 1. The Kier molecular flexibility index (Phi) is 6.42. The Balaban J connectivity index is 1.79. The lowest BCUT2D eigenvalue weighted by molar-refractivity contribution is -0.125. The highest BCUT2D eigenvalue weighted by molar-refractivity contribution is 7.89. The van der Waals surface area contributed by atoms with Gasteiger partial charge in [-0.15, -0.1) is 0 Å². The number of amides is 1. The first-order valence-electron chi connectivity index (χ1n) is 9.90. The van der Waals surface area contributed by atoms with Gasteiger partial charge in [-0.3, -0.25) is 4.79 Å². The topological polar surface area (TPSA) is 75.7 Å². The van der Waals surface area contributed by atoms with Crippen molar-refractivity contribution < 1.29 is 17.9 Å². The number of carbonyl (C=O) groups excluding carboxylic acids is 1. The summed E-state index contributed by atoms with van der Waals surface area (Å²) >= 11 is 0. The molecule has 3 rings (SSSR count). The van der Waals surface area contributed by atoms with Gasteiger partial charge in [0.1, 0.15) is 11.8 Å². The zero-order chi connectivity index (χ0) is 19.4. The minimum atomic E-state index is -3.75. The van der Waals surface area contributed by atoms with Crippen LogP contribution in [0.2, 0.25) is 0 Å². The van der Waals surface area contributed by atoms with Crippen molar-refractivity contribution in [1.29, 1.82) is 0 Å². The second-order valence-corrected chi connectivity index (χ2v) is 9.46. The van der Waals surface area contributed by atoms with E-state index in [1.165, 1.54) is 24.3 Å². The molecule has 0 spiro atoms. The average Bonchev–Trinajstić information content (AvgIpc) is 3.02. The van der Waals surface area contributed by atoms with Gasteiger partial charge in [0, 0.05) is 18.7 Å². The van der Waals surface area contributed by atoms with Crippen molar-refractivity contribution in [1.82, 2.24) is 9.62 Å². The third-order valence-corrected chi connectivity index (χ3v) is 7.74. The summed E-state index contributed by atoms with van der Waals surface area (Å²) in [5.74, 6) is 0.348. The molecule has 1 aliphatic carbocycles. The highest BCUT2D eigenvalue weighted by Crippen LogP contribution is 2.30. The van der Waals surface area contributed by atoms with E-state index >= 15 is 0 Å². The van der Waals surface area contributed by atoms with Crippen LogP contribution >= 0.6 is 0 Å². The van der Waals surface area contributed by atoms with Crippen LogP contribution in [0.25, 0.3) is 0 Å². The van der Waals surface area contributed by atoms with E-state index in [0.29, 0.717) is 30.7 Å². The Morgan fingerprint density at radius 2 is 1.81 bits per heavy atom. The van der Waals surface area contributed by atoms with E-state index in [2.05, 4.69) is 5.32 Å². The number of sulfonamides is 1. The quantitative estimate of drug-likeness (QED) is 0.779. The molecular formula is C20H30N2O4S. The van der Waals surface area contributed by atoms with Gasteiger partial charge >= 0.3 is 0 Å². The van der Waals surface area contributed by atoms with Crippen LogP contribution in [0.5, 0.6) is 5.75 Å². The first-order chi connectivity index (χ1) is 12.9. The molecule has 1 atom stereocenters. The van der Waals surface area contributed by atoms with E-state index in [4.69, 9.17) is 4.74 Å². The molecule has 1 N–H and O–H groups in total. The second-order valence-electron chi connectivity index (χ2n) is 7.60. The molecule has 7 heteroatoms. The lowest BCUT2D eigenvalue weighted by atomic mass is 10.1. The van der Waals surface area contributed by atoms with Crippen LogP contribution in [0.15, 0.2) is 23.1 Å². The number of nitrogens with one attached hydrogen (secondary N) is 1. The fraction of sp³-hybridized carbons (Fsp3) is 0.650. The fourth-order valence-corrected chi connectivity index (χ4v) is 6.02. The number of ether oxygens (including phenoxy) is 1. The van der Waals surface area contributed by atoms with Gasteiger partial charge in [-0.05, 0) is 44.2 Å². The Morgan fingerprint density at radius 1 is 1.11 bits per heavy atom. The van der Waals surface area contributed by atoms with Crippen molar-refractivity contribution in [3.8, 4) is 5.75 Å². The minimum Gasteiger partial charge on any atom is -0.497 e. The van der Waals surface area contributed by atoms with Gasteiger partial charge in [0.25, 0.3) is 0 Å². The molecule has 1 saturated heterocycles. The maximum atomic E-state index is 13.3. The Morgan fingerprint density at radius 3 is 2.48 bits per heavy atom. The van der Waals surface area contributed by atoms with E-state index < -0.39 is 16.1 Å². The summed E-state index contributed by atoms with van der Waals surface area (Å²) in [5.41, 5.74) is 0.658. The van der Waals surface area contributed by atoms with Gasteiger partial charge < -0.3 is 10.1 Å². The first-order valence-corrected chi connectivity index (χ1v) is 11.3. The smallest absolute Gasteiger partial charge is 0.244 e. The number of carbonyl (C=O) groups is 1. The van der Waals surface area contributed by atoms with Crippen molar-refractivity contribution >= 4 is 15.9 Å². The number of hydrogen-bond donors (Lipinski definition) is 1. The molecule has 0 bridgehead atoms. The molecule has 2 fully saturated rings. The molecule has 27 heavy (non-hydrogen) atoms. The van der Waals surface area contributed by atoms with Crippen LogP contribution in [0.3, 0.4) is 0 Å². The Labute approximate surface area is 162 Å². The lowest BCUT2D eigenvalue weighted by Crippen LogP contribution is -2.48. The molecule has 0 radical (unpaired) electrons. The first kappa shape index (κ1) is 20.1. The van der Waals surface area contributed by atoms with Crippen LogP contribution < -0.4 is 10.1 Å². The molecule has 1 aromatic rings. The SMILES string of the molecule is COc1ccc(C)c(S(=O)(=O)N2CCC[C@H]2C(=O)NC2CCCCCC2)c1. The van der Waals surface area contributed by atoms with Gasteiger partial charge in [0.15, 0.2) is 0 Å². The van der Waals surface area contributed by atoms with Crippen LogP contribution in [0, 0.1) is 6.92 Å². The summed E-state index contributed by atoms with van der Waals surface area (Å²) in [4.78, 5) is 13.1. The van der Waals surface area contributed by atoms with E-state index in [9.17, 15) is 13.2 Å². The van der Waals surface area contributed by atoms with Crippen LogP contribution in [-0.2, 0) is 14.8 Å². The van der Waals surface area contributed by atoms with Gasteiger partial charge in [-0.2, -0.15) is 4.31 Å². The zero-order valence-corrected chi connectivity index (χ0v) is 17.1.